The van der Waals surface area contributed by atoms with Crippen molar-refractivity contribution in [3.8, 4) is 0 Å². The molecule has 0 saturated heterocycles. The van der Waals surface area contributed by atoms with Crippen LogP contribution >= 0.6 is 0 Å². The highest BCUT2D eigenvalue weighted by Crippen LogP contribution is 2.26. The van der Waals surface area contributed by atoms with E-state index in [4.69, 9.17) is 4.74 Å². The molecular formula is C16H17F5N2O5. The number of carbonyl (C=O) groups is 3. The number of hydrogen-bond donors (Lipinski definition) is 2. The van der Waals surface area contributed by atoms with E-state index in [1.165, 1.54) is 5.32 Å². The van der Waals surface area contributed by atoms with Gasteiger partial charge in [0.2, 0.25) is 5.82 Å². The fourth-order valence-electron chi connectivity index (χ4n) is 1.69. The maximum absolute atomic E-state index is 13.4. The van der Waals surface area contributed by atoms with Gasteiger partial charge in [0.25, 0.3) is 5.91 Å². The van der Waals surface area contributed by atoms with Gasteiger partial charge in [-0.05, 0) is 20.8 Å². The van der Waals surface area contributed by atoms with Crippen LogP contribution in [0, 0.1) is 29.1 Å². The summed E-state index contributed by atoms with van der Waals surface area (Å²) in [6.07, 6.45) is -1.15. The average Bonchev–Trinajstić information content (AvgIpc) is 2.58. The standard InChI is InChI=1S/C16H17F5N2O5/c1-16(2,3)28-15(26)22-5-4-8(25)27-6-7(24)23-14-12(20)10(18)9(17)11(19)13(14)21/h4-6H2,1-3H3,(H,22,26)(H,23,24). The molecule has 0 saturated carbocycles. The third-order valence-corrected chi connectivity index (χ3v) is 2.84. The van der Waals surface area contributed by atoms with Crippen molar-refractivity contribution in [2.45, 2.75) is 32.8 Å². The second kappa shape index (κ2) is 9.33. The molecule has 12 heteroatoms. The van der Waals surface area contributed by atoms with E-state index in [2.05, 4.69) is 10.1 Å². The lowest BCUT2D eigenvalue weighted by atomic mass is 10.2. The molecular weight excluding hydrogens is 395 g/mol. The van der Waals surface area contributed by atoms with Crippen molar-refractivity contribution >= 4 is 23.7 Å². The van der Waals surface area contributed by atoms with E-state index in [-0.39, 0.29) is 13.0 Å². The highest BCUT2D eigenvalue weighted by molar-refractivity contribution is 5.93. The molecule has 0 spiro atoms. The van der Waals surface area contributed by atoms with Gasteiger partial charge in [0.15, 0.2) is 29.9 Å². The summed E-state index contributed by atoms with van der Waals surface area (Å²) in [6, 6.07) is 0. The van der Waals surface area contributed by atoms with Crippen molar-refractivity contribution in [1.82, 2.24) is 5.32 Å². The van der Waals surface area contributed by atoms with Crippen LogP contribution in [0.15, 0.2) is 0 Å². The second-order valence-corrected chi connectivity index (χ2v) is 6.33. The predicted molar refractivity (Wildman–Crippen MR) is 84.7 cm³/mol. The molecule has 2 N–H and O–H groups in total. The van der Waals surface area contributed by atoms with Gasteiger partial charge in [-0.3, -0.25) is 9.59 Å². The molecule has 7 nitrogen and oxygen atoms in total. The number of carbonyl (C=O) groups excluding carboxylic acids is 3. The Kier molecular flexibility index (Phi) is 7.70. The molecule has 1 aromatic carbocycles. The number of anilines is 1. The third-order valence-electron chi connectivity index (χ3n) is 2.84. The summed E-state index contributed by atoms with van der Waals surface area (Å²) in [6.45, 7) is 3.65. The van der Waals surface area contributed by atoms with Gasteiger partial charge in [-0.15, -0.1) is 0 Å². The highest BCUT2D eigenvalue weighted by atomic mass is 19.2. The molecule has 0 aliphatic rings. The monoisotopic (exact) mass is 412 g/mol. The van der Waals surface area contributed by atoms with Gasteiger partial charge >= 0.3 is 12.1 Å². The third kappa shape index (κ3) is 6.67. The molecule has 2 amide bonds. The van der Waals surface area contributed by atoms with Crippen LogP contribution in [0.25, 0.3) is 0 Å². The number of nitrogens with one attached hydrogen (secondary N) is 2. The van der Waals surface area contributed by atoms with Crippen molar-refractivity contribution in [2.24, 2.45) is 0 Å². The molecule has 0 atom stereocenters. The van der Waals surface area contributed by atoms with E-state index < -0.39 is 65.0 Å². The molecule has 28 heavy (non-hydrogen) atoms. The van der Waals surface area contributed by atoms with Gasteiger partial charge in [0.05, 0.1) is 6.42 Å². The summed E-state index contributed by atoms with van der Waals surface area (Å²) in [5.74, 6) is -13.6. The number of alkyl carbamates (subject to hydrolysis) is 1. The van der Waals surface area contributed by atoms with Crippen LogP contribution in [-0.4, -0.2) is 36.7 Å². The zero-order chi connectivity index (χ0) is 21.6. The zero-order valence-corrected chi connectivity index (χ0v) is 15.1. The maximum Gasteiger partial charge on any atom is 0.407 e. The van der Waals surface area contributed by atoms with Crippen molar-refractivity contribution < 1.29 is 45.8 Å². The first-order chi connectivity index (χ1) is 12.8. The van der Waals surface area contributed by atoms with E-state index in [0.29, 0.717) is 0 Å². The summed E-state index contributed by atoms with van der Waals surface area (Å²) in [5.41, 5.74) is -2.31. The minimum atomic E-state index is -2.38. The first-order valence-corrected chi connectivity index (χ1v) is 7.77. The molecule has 0 fully saturated rings. The van der Waals surface area contributed by atoms with Crippen LogP contribution in [0.3, 0.4) is 0 Å². The molecule has 0 aromatic heterocycles. The number of rotatable bonds is 6. The normalized spacial score (nSPS) is 11.0. The molecule has 0 radical (unpaired) electrons. The lowest BCUT2D eigenvalue weighted by Gasteiger charge is -2.19. The number of hydrogen-bond acceptors (Lipinski definition) is 5. The number of halogens is 5. The van der Waals surface area contributed by atoms with Crippen LogP contribution in [0.1, 0.15) is 27.2 Å². The van der Waals surface area contributed by atoms with Gasteiger partial charge in [-0.2, -0.15) is 0 Å². The topological polar surface area (TPSA) is 93.7 Å². The molecule has 156 valence electrons. The molecule has 0 bridgehead atoms. The van der Waals surface area contributed by atoms with Crippen molar-refractivity contribution in [1.29, 1.82) is 0 Å². The minimum Gasteiger partial charge on any atom is -0.456 e. The minimum absolute atomic E-state index is 0.187. The number of benzene rings is 1. The molecule has 1 aromatic rings. The fraction of sp³-hybridized carbons (Fsp3) is 0.438. The quantitative estimate of drug-likeness (QED) is 0.324. The Balaban J connectivity index is 2.49. The van der Waals surface area contributed by atoms with Gasteiger partial charge in [-0.25, -0.2) is 26.7 Å². The lowest BCUT2D eigenvalue weighted by Crippen LogP contribution is -2.34. The van der Waals surface area contributed by atoms with Gasteiger partial charge in [-0.1, -0.05) is 0 Å². The second-order valence-electron chi connectivity index (χ2n) is 6.33. The molecule has 0 aliphatic heterocycles. The van der Waals surface area contributed by atoms with E-state index in [0.717, 1.165) is 0 Å². The number of esters is 1. The SMILES string of the molecule is CC(C)(C)OC(=O)NCCC(=O)OCC(=O)Nc1c(F)c(F)c(F)c(F)c1F. The van der Waals surface area contributed by atoms with Crippen molar-refractivity contribution in [2.75, 3.05) is 18.5 Å². The predicted octanol–water partition coefficient (Wildman–Crippen LogP) is 2.78. The van der Waals surface area contributed by atoms with Crippen LogP contribution in [-0.2, 0) is 19.1 Å². The maximum atomic E-state index is 13.4. The molecule has 0 unspecified atom stereocenters. The van der Waals surface area contributed by atoms with Crippen molar-refractivity contribution in [3.63, 3.8) is 0 Å². The Morgan fingerprint density at radius 3 is 1.89 bits per heavy atom. The van der Waals surface area contributed by atoms with E-state index in [9.17, 15) is 36.3 Å². The summed E-state index contributed by atoms with van der Waals surface area (Å²) in [4.78, 5) is 34.3. The van der Waals surface area contributed by atoms with E-state index in [1.807, 2.05) is 0 Å². The summed E-state index contributed by atoms with van der Waals surface area (Å²) in [5, 5.41) is 3.69. The summed E-state index contributed by atoms with van der Waals surface area (Å²) in [7, 11) is 0. The Morgan fingerprint density at radius 1 is 0.893 bits per heavy atom. The summed E-state index contributed by atoms with van der Waals surface area (Å²) >= 11 is 0. The van der Waals surface area contributed by atoms with Crippen LogP contribution in [0.4, 0.5) is 32.4 Å². The van der Waals surface area contributed by atoms with Crippen LogP contribution < -0.4 is 10.6 Å². The van der Waals surface area contributed by atoms with Crippen LogP contribution in [0.2, 0.25) is 0 Å². The van der Waals surface area contributed by atoms with Crippen LogP contribution in [0.5, 0.6) is 0 Å². The Labute approximate surface area is 156 Å². The van der Waals surface area contributed by atoms with Gasteiger partial charge in [0.1, 0.15) is 11.3 Å². The summed E-state index contributed by atoms with van der Waals surface area (Å²) < 4.78 is 75.2. The molecule has 0 heterocycles. The number of amides is 2. The van der Waals surface area contributed by atoms with Gasteiger partial charge < -0.3 is 20.1 Å². The molecule has 0 aliphatic carbocycles. The zero-order valence-electron chi connectivity index (χ0n) is 15.1. The average molecular weight is 412 g/mol. The lowest BCUT2D eigenvalue weighted by molar-refractivity contribution is -0.147. The number of ether oxygens (including phenoxy) is 2. The Morgan fingerprint density at radius 2 is 1.39 bits per heavy atom. The highest BCUT2D eigenvalue weighted by Gasteiger charge is 2.27. The van der Waals surface area contributed by atoms with Gasteiger partial charge in [0, 0.05) is 6.54 Å². The molecule has 1 rings (SSSR count). The largest absolute Gasteiger partial charge is 0.456 e. The fourth-order valence-corrected chi connectivity index (χ4v) is 1.69. The Hall–Kier alpha value is -2.92. The van der Waals surface area contributed by atoms with E-state index in [1.54, 1.807) is 20.8 Å². The Bertz CT molecular complexity index is 751. The first kappa shape index (κ1) is 23.1. The van der Waals surface area contributed by atoms with E-state index >= 15 is 0 Å². The smallest absolute Gasteiger partial charge is 0.407 e. The van der Waals surface area contributed by atoms with Crippen molar-refractivity contribution in [3.05, 3.63) is 29.1 Å². The first-order valence-electron chi connectivity index (χ1n) is 7.77.